The lowest BCUT2D eigenvalue weighted by molar-refractivity contribution is 0.103. The van der Waals surface area contributed by atoms with Crippen molar-refractivity contribution >= 4 is 33.1 Å². The molecule has 0 saturated carbocycles. The fraction of sp³-hybridized carbons (Fsp3) is 0. The molecule has 0 amide bonds. The van der Waals surface area contributed by atoms with Crippen LogP contribution in [0.3, 0.4) is 0 Å². The fourth-order valence-electron chi connectivity index (χ4n) is 1.59. The van der Waals surface area contributed by atoms with Crippen LogP contribution >= 0.6 is 15.9 Å². The van der Waals surface area contributed by atoms with Crippen molar-refractivity contribution in [2.75, 3.05) is 11.5 Å². The van der Waals surface area contributed by atoms with Gasteiger partial charge in [0.2, 0.25) is 0 Å². The van der Waals surface area contributed by atoms with Crippen LogP contribution in [0, 0.1) is 0 Å². The number of rotatable bonds is 2. The summed E-state index contributed by atoms with van der Waals surface area (Å²) in [6, 6.07) is 12.0. The van der Waals surface area contributed by atoms with Gasteiger partial charge in [-0.05, 0) is 30.3 Å². The van der Waals surface area contributed by atoms with E-state index in [-0.39, 0.29) is 5.78 Å². The predicted molar refractivity (Wildman–Crippen MR) is 72.8 cm³/mol. The van der Waals surface area contributed by atoms with E-state index in [0.29, 0.717) is 22.5 Å². The van der Waals surface area contributed by atoms with Gasteiger partial charge in [-0.2, -0.15) is 0 Å². The van der Waals surface area contributed by atoms with Crippen LogP contribution in [0.1, 0.15) is 15.9 Å². The first-order valence-corrected chi connectivity index (χ1v) is 5.82. The largest absolute Gasteiger partial charge is 0.399 e. The quantitative estimate of drug-likeness (QED) is 0.660. The van der Waals surface area contributed by atoms with Crippen molar-refractivity contribution in [2.45, 2.75) is 0 Å². The maximum atomic E-state index is 12.2. The Morgan fingerprint density at radius 3 is 2.29 bits per heavy atom. The van der Waals surface area contributed by atoms with E-state index >= 15 is 0 Å². The fourth-order valence-corrected chi connectivity index (χ4v) is 2.10. The van der Waals surface area contributed by atoms with E-state index < -0.39 is 0 Å². The van der Waals surface area contributed by atoms with Gasteiger partial charge >= 0.3 is 0 Å². The molecule has 0 aliphatic heterocycles. The molecule has 86 valence electrons. The molecule has 2 aromatic rings. The standard InChI is InChI=1S/C13H11BrN2O/c14-10-4-9(6-12(16)7-10)13(17)8-2-1-3-11(15)5-8/h1-7H,15-16H2. The second kappa shape index (κ2) is 4.59. The summed E-state index contributed by atoms with van der Waals surface area (Å²) in [4.78, 5) is 12.2. The van der Waals surface area contributed by atoms with Crippen molar-refractivity contribution in [3.63, 3.8) is 0 Å². The van der Waals surface area contributed by atoms with E-state index in [1.54, 1.807) is 42.5 Å². The Hall–Kier alpha value is -1.81. The van der Waals surface area contributed by atoms with E-state index in [4.69, 9.17) is 11.5 Å². The molecule has 0 bridgehead atoms. The molecule has 3 nitrogen and oxygen atoms in total. The zero-order chi connectivity index (χ0) is 12.4. The topological polar surface area (TPSA) is 69.1 Å². The van der Waals surface area contributed by atoms with Crippen LogP contribution in [0.2, 0.25) is 0 Å². The normalized spacial score (nSPS) is 10.2. The minimum atomic E-state index is -0.0923. The van der Waals surface area contributed by atoms with Crippen LogP contribution in [0.15, 0.2) is 46.9 Å². The number of nitrogen functional groups attached to an aromatic ring is 2. The van der Waals surface area contributed by atoms with E-state index in [0.717, 1.165) is 4.47 Å². The lowest BCUT2D eigenvalue weighted by Gasteiger charge is -2.04. The maximum absolute atomic E-state index is 12.2. The summed E-state index contributed by atoms with van der Waals surface area (Å²) in [5.41, 5.74) is 13.6. The molecular formula is C13H11BrN2O. The molecule has 0 fully saturated rings. The van der Waals surface area contributed by atoms with Crippen LogP contribution < -0.4 is 11.5 Å². The minimum Gasteiger partial charge on any atom is -0.399 e. The molecule has 0 aliphatic rings. The third-order valence-electron chi connectivity index (χ3n) is 2.33. The first kappa shape index (κ1) is 11.7. The maximum Gasteiger partial charge on any atom is 0.193 e. The van der Waals surface area contributed by atoms with Crippen molar-refractivity contribution in [1.82, 2.24) is 0 Å². The summed E-state index contributed by atoms with van der Waals surface area (Å²) in [6.07, 6.45) is 0. The van der Waals surface area contributed by atoms with Crippen molar-refractivity contribution in [2.24, 2.45) is 0 Å². The average Bonchev–Trinajstić information content (AvgIpc) is 2.26. The van der Waals surface area contributed by atoms with E-state index in [9.17, 15) is 4.79 Å². The summed E-state index contributed by atoms with van der Waals surface area (Å²) >= 11 is 3.31. The molecular weight excluding hydrogens is 280 g/mol. The molecule has 4 heteroatoms. The van der Waals surface area contributed by atoms with Gasteiger partial charge in [0.25, 0.3) is 0 Å². The Balaban J connectivity index is 2.43. The molecule has 0 unspecified atom stereocenters. The van der Waals surface area contributed by atoms with Gasteiger partial charge in [0.15, 0.2) is 5.78 Å². The van der Waals surface area contributed by atoms with Crippen molar-refractivity contribution in [1.29, 1.82) is 0 Å². The third kappa shape index (κ3) is 2.65. The van der Waals surface area contributed by atoms with E-state index in [1.165, 1.54) is 0 Å². The van der Waals surface area contributed by atoms with Crippen LogP contribution in [0.5, 0.6) is 0 Å². The zero-order valence-corrected chi connectivity index (χ0v) is 10.6. The summed E-state index contributed by atoms with van der Waals surface area (Å²) in [5.74, 6) is -0.0923. The molecule has 0 heterocycles. The smallest absolute Gasteiger partial charge is 0.193 e. The molecule has 2 rings (SSSR count). The summed E-state index contributed by atoms with van der Waals surface area (Å²) in [7, 11) is 0. The van der Waals surface area contributed by atoms with Crippen LogP contribution in [-0.2, 0) is 0 Å². The predicted octanol–water partition coefficient (Wildman–Crippen LogP) is 2.84. The van der Waals surface area contributed by atoms with Crippen LogP contribution in [0.4, 0.5) is 11.4 Å². The van der Waals surface area contributed by atoms with Gasteiger partial charge in [-0.25, -0.2) is 0 Å². The average molecular weight is 291 g/mol. The molecule has 0 saturated heterocycles. The van der Waals surface area contributed by atoms with Crippen molar-refractivity contribution < 1.29 is 4.79 Å². The number of hydrogen-bond donors (Lipinski definition) is 2. The first-order chi connectivity index (χ1) is 8.06. The Morgan fingerprint density at radius 1 is 0.941 bits per heavy atom. The lowest BCUT2D eigenvalue weighted by atomic mass is 10.0. The Morgan fingerprint density at radius 2 is 1.65 bits per heavy atom. The SMILES string of the molecule is Nc1cccc(C(=O)c2cc(N)cc(Br)c2)c1. The summed E-state index contributed by atoms with van der Waals surface area (Å²) in [6.45, 7) is 0. The molecule has 0 spiro atoms. The highest BCUT2D eigenvalue weighted by atomic mass is 79.9. The van der Waals surface area contributed by atoms with Gasteiger partial charge < -0.3 is 11.5 Å². The Kier molecular flexibility index (Phi) is 3.15. The van der Waals surface area contributed by atoms with E-state index in [2.05, 4.69) is 15.9 Å². The lowest BCUT2D eigenvalue weighted by Crippen LogP contribution is -2.03. The number of carbonyl (C=O) groups is 1. The van der Waals surface area contributed by atoms with Crippen LogP contribution in [0.25, 0.3) is 0 Å². The highest BCUT2D eigenvalue weighted by molar-refractivity contribution is 9.10. The molecule has 2 aromatic carbocycles. The number of carbonyl (C=O) groups excluding carboxylic acids is 1. The minimum absolute atomic E-state index is 0.0923. The molecule has 4 N–H and O–H groups in total. The number of halogens is 1. The molecule has 0 radical (unpaired) electrons. The van der Waals surface area contributed by atoms with Crippen molar-refractivity contribution in [3.05, 3.63) is 58.1 Å². The monoisotopic (exact) mass is 290 g/mol. The number of benzene rings is 2. The second-order valence-corrected chi connectivity index (χ2v) is 4.64. The Bertz CT molecular complexity index is 561. The van der Waals surface area contributed by atoms with Gasteiger partial charge in [0.1, 0.15) is 0 Å². The second-order valence-electron chi connectivity index (χ2n) is 3.73. The van der Waals surface area contributed by atoms with Crippen molar-refractivity contribution in [3.8, 4) is 0 Å². The highest BCUT2D eigenvalue weighted by Crippen LogP contribution is 2.20. The number of ketones is 1. The Labute approximate surface area is 108 Å². The number of hydrogen-bond acceptors (Lipinski definition) is 3. The zero-order valence-electron chi connectivity index (χ0n) is 8.98. The molecule has 17 heavy (non-hydrogen) atoms. The highest BCUT2D eigenvalue weighted by Gasteiger charge is 2.10. The van der Waals surface area contributed by atoms with Gasteiger partial charge in [-0.15, -0.1) is 0 Å². The van der Waals surface area contributed by atoms with E-state index in [1.807, 2.05) is 0 Å². The molecule has 0 aliphatic carbocycles. The summed E-state index contributed by atoms with van der Waals surface area (Å²) < 4.78 is 0.782. The number of anilines is 2. The van der Waals surface area contributed by atoms with Gasteiger partial charge in [-0.3, -0.25) is 4.79 Å². The van der Waals surface area contributed by atoms with Gasteiger partial charge in [0.05, 0.1) is 0 Å². The van der Waals surface area contributed by atoms with Gasteiger partial charge in [-0.1, -0.05) is 28.1 Å². The number of nitrogens with two attached hydrogens (primary N) is 2. The molecule has 0 atom stereocenters. The summed E-state index contributed by atoms with van der Waals surface area (Å²) in [5, 5.41) is 0. The van der Waals surface area contributed by atoms with Crippen LogP contribution in [-0.4, -0.2) is 5.78 Å². The first-order valence-electron chi connectivity index (χ1n) is 5.02. The third-order valence-corrected chi connectivity index (χ3v) is 2.79. The van der Waals surface area contributed by atoms with Gasteiger partial charge in [0, 0.05) is 27.0 Å². The molecule has 0 aromatic heterocycles.